The molecule has 0 fully saturated rings. The number of H-pyrrole nitrogens is 1. The Morgan fingerprint density at radius 2 is 1.79 bits per heavy atom. The highest BCUT2D eigenvalue weighted by molar-refractivity contribution is 5.94. The van der Waals surface area contributed by atoms with Crippen molar-refractivity contribution in [1.29, 1.82) is 0 Å². The zero-order chi connectivity index (χ0) is 19.8. The zero-order valence-electron chi connectivity index (χ0n) is 16.2. The Morgan fingerprint density at radius 1 is 1.04 bits per heavy atom. The van der Waals surface area contributed by atoms with E-state index in [2.05, 4.69) is 22.4 Å². The molecule has 2 aromatic carbocycles. The van der Waals surface area contributed by atoms with E-state index in [1.54, 1.807) is 18.3 Å². The number of unbranched alkanes of at least 4 members (excludes halogenated alkanes) is 3. The predicted molar refractivity (Wildman–Crippen MR) is 109 cm³/mol. The smallest absolute Gasteiger partial charge is 0.251 e. The Bertz CT molecular complexity index is 885. The van der Waals surface area contributed by atoms with E-state index in [9.17, 15) is 9.18 Å². The average Bonchev–Trinajstić information content (AvgIpc) is 3.19. The maximum Gasteiger partial charge on any atom is 0.251 e. The molecular formula is C23H26FN3O. The molecule has 3 rings (SSSR count). The Morgan fingerprint density at radius 3 is 2.50 bits per heavy atom. The molecule has 5 heteroatoms. The molecule has 0 saturated carbocycles. The highest BCUT2D eigenvalue weighted by Crippen LogP contribution is 2.21. The minimum Gasteiger partial charge on any atom is -0.348 e. The Labute approximate surface area is 165 Å². The average molecular weight is 379 g/mol. The number of nitrogens with zero attached hydrogens (tertiary/aromatic N) is 1. The maximum atomic E-state index is 13.1. The van der Waals surface area contributed by atoms with Gasteiger partial charge in [0.25, 0.3) is 5.91 Å². The lowest BCUT2D eigenvalue weighted by Gasteiger charge is -2.07. The second-order valence-electron chi connectivity index (χ2n) is 6.97. The van der Waals surface area contributed by atoms with Crippen molar-refractivity contribution >= 4 is 5.91 Å². The van der Waals surface area contributed by atoms with Crippen molar-refractivity contribution in [2.45, 2.75) is 45.6 Å². The van der Waals surface area contributed by atoms with Crippen LogP contribution in [0.4, 0.5) is 4.39 Å². The van der Waals surface area contributed by atoms with Crippen LogP contribution in [0.1, 0.15) is 54.1 Å². The van der Waals surface area contributed by atoms with Gasteiger partial charge >= 0.3 is 0 Å². The fourth-order valence-electron chi connectivity index (χ4n) is 3.17. The lowest BCUT2D eigenvalue weighted by Crippen LogP contribution is -2.22. The van der Waals surface area contributed by atoms with Crippen molar-refractivity contribution < 1.29 is 9.18 Å². The zero-order valence-corrected chi connectivity index (χ0v) is 16.2. The van der Waals surface area contributed by atoms with Gasteiger partial charge in [-0.1, -0.05) is 38.3 Å². The fourth-order valence-corrected chi connectivity index (χ4v) is 3.17. The van der Waals surface area contributed by atoms with E-state index >= 15 is 0 Å². The maximum absolute atomic E-state index is 13.1. The number of hydrogen-bond acceptors (Lipinski definition) is 2. The number of carbonyl (C=O) groups excluding carboxylic acids is 1. The summed E-state index contributed by atoms with van der Waals surface area (Å²) in [6.45, 7) is 2.56. The molecule has 0 atom stereocenters. The largest absolute Gasteiger partial charge is 0.348 e. The number of nitrogens with one attached hydrogen (secondary N) is 2. The molecule has 2 N–H and O–H groups in total. The normalized spacial score (nSPS) is 10.8. The van der Waals surface area contributed by atoms with Crippen LogP contribution in [0.15, 0.2) is 54.7 Å². The molecule has 0 saturated heterocycles. The third-order valence-electron chi connectivity index (χ3n) is 4.83. The Hall–Kier alpha value is -2.95. The summed E-state index contributed by atoms with van der Waals surface area (Å²) in [7, 11) is 0. The summed E-state index contributed by atoms with van der Waals surface area (Å²) in [6.07, 6.45) is 7.68. The number of amides is 1. The number of carbonyl (C=O) groups is 1. The van der Waals surface area contributed by atoms with Crippen LogP contribution in [0.5, 0.6) is 0 Å². The highest BCUT2D eigenvalue weighted by Gasteiger charge is 2.11. The first kappa shape index (κ1) is 19.8. The molecule has 1 heterocycles. The molecule has 0 unspecified atom stereocenters. The van der Waals surface area contributed by atoms with Crippen LogP contribution in [-0.4, -0.2) is 16.1 Å². The van der Waals surface area contributed by atoms with Gasteiger partial charge in [-0.15, -0.1) is 0 Å². The Balaban J connectivity index is 1.56. The van der Waals surface area contributed by atoms with Crippen LogP contribution in [0, 0.1) is 5.82 Å². The van der Waals surface area contributed by atoms with Crippen molar-refractivity contribution in [2.24, 2.45) is 0 Å². The van der Waals surface area contributed by atoms with Crippen LogP contribution < -0.4 is 5.32 Å². The predicted octanol–water partition coefficient (Wildman–Crippen LogP) is 5.27. The Kier molecular flexibility index (Phi) is 6.95. The standard InChI is InChI=1S/C23H26FN3O/c1-2-3-4-5-6-17-7-9-19(10-8-17)23(28)25-15-20-16-26-27-22(20)18-11-13-21(24)14-12-18/h7-14,16H,2-6,15H2,1H3,(H,25,28)(H,26,27). The van der Waals surface area contributed by atoms with E-state index in [1.165, 1.54) is 43.4 Å². The van der Waals surface area contributed by atoms with Gasteiger partial charge in [0.05, 0.1) is 11.9 Å². The van der Waals surface area contributed by atoms with Crippen LogP contribution in [0.3, 0.4) is 0 Å². The number of halogens is 1. The first-order valence-electron chi connectivity index (χ1n) is 9.82. The lowest BCUT2D eigenvalue weighted by molar-refractivity contribution is 0.0951. The highest BCUT2D eigenvalue weighted by atomic mass is 19.1. The van der Waals surface area contributed by atoms with E-state index in [0.29, 0.717) is 12.1 Å². The van der Waals surface area contributed by atoms with Crippen molar-refractivity contribution in [3.63, 3.8) is 0 Å². The van der Waals surface area contributed by atoms with E-state index < -0.39 is 0 Å². The number of aromatic amines is 1. The summed E-state index contributed by atoms with van der Waals surface area (Å²) in [5, 5.41) is 9.90. The van der Waals surface area contributed by atoms with Crippen LogP contribution >= 0.6 is 0 Å². The molecule has 4 nitrogen and oxygen atoms in total. The molecule has 0 aliphatic rings. The summed E-state index contributed by atoms with van der Waals surface area (Å²) in [6, 6.07) is 14.0. The van der Waals surface area contributed by atoms with Gasteiger partial charge in [-0.25, -0.2) is 4.39 Å². The number of aromatic nitrogens is 2. The third-order valence-corrected chi connectivity index (χ3v) is 4.83. The third kappa shape index (κ3) is 5.28. The second-order valence-corrected chi connectivity index (χ2v) is 6.97. The van der Waals surface area contributed by atoms with Gasteiger partial charge in [0.15, 0.2) is 0 Å². The van der Waals surface area contributed by atoms with Gasteiger partial charge in [-0.05, 0) is 54.8 Å². The van der Waals surface area contributed by atoms with Gasteiger partial charge < -0.3 is 5.32 Å². The summed E-state index contributed by atoms with van der Waals surface area (Å²) in [4.78, 5) is 12.5. The molecule has 28 heavy (non-hydrogen) atoms. The first-order valence-corrected chi connectivity index (χ1v) is 9.82. The van der Waals surface area contributed by atoms with Crippen molar-refractivity contribution in [1.82, 2.24) is 15.5 Å². The number of hydrogen-bond donors (Lipinski definition) is 2. The summed E-state index contributed by atoms with van der Waals surface area (Å²) >= 11 is 0. The van der Waals surface area contributed by atoms with Crippen molar-refractivity contribution in [3.05, 3.63) is 77.2 Å². The number of rotatable bonds is 9. The van der Waals surface area contributed by atoms with Crippen LogP contribution in [0.25, 0.3) is 11.3 Å². The minimum absolute atomic E-state index is 0.121. The SMILES string of the molecule is CCCCCCc1ccc(C(=O)NCc2cn[nH]c2-c2ccc(F)cc2)cc1. The molecule has 146 valence electrons. The van der Waals surface area contributed by atoms with E-state index in [-0.39, 0.29) is 11.7 Å². The first-order chi connectivity index (χ1) is 13.7. The summed E-state index contributed by atoms with van der Waals surface area (Å²) in [5.74, 6) is -0.407. The summed E-state index contributed by atoms with van der Waals surface area (Å²) < 4.78 is 13.1. The van der Waals surface area contributed by atoms with E-state index in [4.69, 9.17) is 0 Å². The minimum atomic E-state index is -0.285. The number of benzene rings is 2. The van der Waals surface area contributed by atoms with Gasteiger partial charge in [-0.2, -0.15) is 5.10 Å². The molecule has 3 aromatic rings. The van der Waals surface area contributed by atoms with Crippen molar-refractivity contribution in [2.75, 3.05) is 0 Å². The quantitative estimate of drug-likeness (QED) is 0.498. The van der Waals surface area contributed by atoms with Gasteiger partial charge in [-0.3, -0.25) is 9.89 Å². The van der Waals surface area contributed by atoms with Gasteiger partial charge in [0.1, 0.15) is 5.82 Å². The fraction of sp³-hybridized carbons (Fsp3) is 0.304. The molecule has 0 aliphatic heterocycles. The van der Waals surface area contributed by atoms with Crippen LogP contribution in [0.2, 0.25) is 0 Å². The van der Waals surface area contributed by atoms with Gasteiger partial charge in [0.2, 0.25) is 0 Å². The molecule has 0 bridgehead atoms. The van der Waals surface area contributed by atoms with E-state index in [1.807, 2.05) is 24.3 Å². The second kappa shape index (κ2) is 9.83. The molecule has 1 aromatic heterocycles. The molecule has 0 radical (unpaired) electrons. The van der Waals surface area contributed by atoms with Crippen LogP contribution in [-0.2, 0) is 13.0 Å². The van der Waals surface area contributed by atoms with Gasteiger partial charge in [0, 0.05) is 23.2 Å². The monoisotopic (exact) mass is 379 g/mol. The summed E-state index contributed by atoms with van der Waals surface area (Å²) in [5.41, 5.74) is 4.37. The van der Waals surface area contributed by atoms with E-state index in [0.717, 1.165) is 23.2 Å². The van der Waals surface area contributed by atoms with Crippen molar-refractivity contribution in [3.8, 4) is 11.3 Å². The number of aryl methyl sites for hydroxylation is 1. The molecule has 0 aliphatic carbocycles. The lowest BCUT2D eigenvalue weighted by atomic mass is 10.0. The molecule has 0 spiro atoms. The topological polar surface area (TPSA) is 57.8 Å². The molecular weight excluding hydrogens is 353 g/mol. The molecule has 1 amide bonds.